The van der Waals surface area contributed by atoms with Crippen LogP contribution in [0.25, 0.3) is 10.8 Å². The number of fused-ring (bicyclic) bond motifs is 1. The van der Waals surface area contributed by atoms with Gasteiger partial charge in [0.1, 0.15) is 0 Å². The Kier molecular flexibility index (Phi) is 3.77. The molecule has 3 nitrogen and oxygen atoms in total. The average Bonchev–Trinajstić information content (AvgIpc) is 2.37. The molecule has 0 heterocycles. The van der Waals surface area contributed by atoms with Crippen LogP contribution in [0.1, 0.15) is 23.2 Å². The monoisotopic (exact) mass is 306 g/mol. The van der Waals surface area contributed by atoms with E-state index in [9.17, 15) is 9.59 Å². The number of carboxylic acids is 1. The van der Waals surface area contributed by atoms with Crippen LogP contribution in [0.3, 0.4) is 0 Å². The Morgan fingerprint density at radius 3 is 2.33 bits per heavy atom. The summed E-state index contributed by atoms with van der Waals surface area (Å²) in [6, 6.07) is 11.1. The van der Waals surface area contributed by atoms with Crippen LogP contribution in [-0.2, 0) is 4.79 Å². The van der Waals surface area contributed by atoms with Crippen molar-refractivity contribution < 1.29 is 14.7 Å². The number of hydrogen-bond acceptors (Lipinski definition) is 2. The molecule has 1 N–H and O–H groups in total. The lowest BCUT2D eigenvalue weighted by atomic mass is 9.99. The molecule has 2 rings (SSSR count). The molecule has 0 fully saturated rings. The zero-order chi connectivity index (χ0) is 13.1. The number of carboxylic acid groups (broad SMARTS) is 1. The summed E-state index contributed by atoms with van der Waals surface area (Å²) in [6.07, 6.45) is -0.107. The lowest BCUT2D eigenvalue weighted by molar-refractivity contribution is -0.136. The Balaban J connectivity index is 2.42. The normalized spacial score (nSPS) is 10.5. The minimum Gasteiger partial charge on any atom is -0.481 e. The summed E-state index contributed by atoms with van der Waals surface area (Å²) in [6.45, 7) is 0. The van der Waals surface area contributed by atoms with Gasteiger partial charge in [-0.3, -0.25) is 9.59 Å². The Morgan fingerprint density at radius 2 is 1.67 bits per heavy atom. The molecule has 92 valence electrons. The smallest absolute Gasteiger partial charge is 0.303 e. The molecule has 0 unspecified atom stereocenters. The maximum absolute atomic E-state index is 12.0. The highest BCUT2D eigenvalue weighted by atomic mass is 79.9. The maximum atomic E-state index is 12.0. The van der Waals surface area contributed by atoms with Gasteiger partial charge in [0.05, 0.1) is 6.42 Å². The van der Waals surface area contributed by atoms with E-state index in [1.54, 1.807) is 6.07 Å². The Bertz CT molecular complexity index is 619. The third-order valence-electron chi connectivity index (χ3n) is 2.74. The Morgan fingerprint density at radius 1 is 1.00 bits per heavy atom. The molecule has 0 amide bonds. The van der Waals surface area contributed by atoms with Crippen molar-refractivity contribution in [1.29, 1.82) is 0 Å². The summed E-state index contributed by atoms with van der Waals surface area (Å²) in [4.78, 5) is 22.5. The molecule has 0 aromatic heterocycles. The molecule has 4 heteroatoms. The van der Waals surface area contributed by atoms with Gasteiger partial charge in [-0.2, -0.15) is 0 Å². The van der Waals surface area contributed by atoms with E-state index >= 15 is 0 Å². The first kappa shape index (κ1) is 12.8. The van der Waals surface area contributed by atoms with Crippen LogP contribution < -0.4 is 0 Å². The zero-order valence-corrected chi connectivity index (χ0v) is 11.1. The van der Waals surface area contributed by atoms with Crippen LogP contribution in [0.5, 0.6) is 0 Å². The molecule has 2 aromatic carbocycles. The van der Waals surface area contributed by atoms with E-state index in [2.05, 4.69) is 15.9 Å². The van der Waals surface area contributed by atoms with Crippen LogP contribution in [0.15, 0.2) is 40.9 Å². The van der Waals surface area contributed by atoms with Gasteiger partial charge in [0.2, 0.25) is 0 Å². The van der Waals surface area contributed by atoms with E-state index in [1.807, 2.05) is 30.3 Å². The first-order chi connectivity index (χ1) is 8.59. The van der Waals surface area contributed by atoms with Gasteiger partial charge in [-0.1, -0.05) is 40.2 Å². The molecule has 0 aliphatic rings. The van der Waals surface area contributed by atoms with Crippen molar-refractivity contribution in [3.8, 4) is 0 Å². The van der Waals surface area contributed by atoms with Crippen LogP contribution in [0, 0.1) is 0 Å². The second-order valence-electron chi connectivity index (χ2n) is 3.96. The van der Waals surface area contributed by atoms with E-state index in [0.717, 1.165) is 15.2 Å². The van der Waals surface area contributed by atoms with Gasteiger partial charge in [-0.25, -0.2) is 0 Å². The standard InChI is InChI=1S/C14H11BrO3/c15-12-6-5-11(13(16)7-8-14(17)18)9-3-1-2-4-10(9)12/h1-6H,7-8H2,(H,17,18). The summed E-state index contributed by atoms with van der Waals surface area (Å²) in [7, 11) is 0. The van der Waals surface area contributed by atoms with Crippen molar-refractivity contribution in [2.45, 2.75) is 12.8 Å². The van der Waals surface area contributed by atoms with E-state index in [4.69, 9.17) is 5.11 Å². The lowest BCUT2D eigenvalue weighted by Crippen LogP contribution is -2.04. The molecule has 0 aliphatic heterocycles. The van der Waals surface area contributed by atoms with Crippen molar-refractivity contribution in [2.24, 2.45) is 0 Å². The number of halogens is 1. The number of carbonyl (C=O) groups excluding carboxylic acids is 1. The number of aliphatic carboxylic acids is 1. The minimum atomic E-state index is -0.954. The van der Waals surface area contributed by atoms with Crippen LogP contribution in [0.2, 0.25) is 0 Å². The average molecular weight is 307 g/mol. The van der Waals surface area contributed by atoms with Gasteiger partial charge >= 0.3 is 5.97 Å². The van der Waals surface area contributed by atoms with Crippen LogP contribution in [-0.4, -0.2) is 16.9 Å². The predicted octanol–water partition coefficient (Wildman–Crippen LogP) is 3.65. The van der Waals surface area contributed by atoms with E-state index in [-0.39, 0.29) is 18.6 Å². The minimum absolute atomic E-state index is 0.0287. The van der Waals surface area contributed by atoms with Crippen molar-refractivity contribution in [1.82, 2.24) is 0 Å². The maximum Gasteiger partial charge on any atom is 0.303 e. The number of carbonyl (C=O) groups is 2. The molecule has 0 aliphatic carbocycles. The molecule has 18 heavy (non-hydrogen) atoms. The highest BCUT2D eigenvalue weighted by molar-refractivity contribution is 9.10. The molecule has 0 spiro atoms. The summed E-state index contributed by atoms with van der Waals surface area (Å²) in [5.41, 5.74) is 0.579. The number of benzene rings is 2. The fourth-order valence-electron chi connectivity index (χ4n) is 1.86. The summed E-state index contributed by atoms with van der Waals surface area (Å²) < 4.78 is 0.924. The van der Waals surface area contributed by atoms with E-state index in [0.29, 0.717) is 5.56 Å². The summed E-state index contributed by atoms with van der Waals surface area (Å²) >= 11 is 3.44. The zero-order valence-electron chi connectivity index (χ0n) is 9.52. The Hall–Kier alpha value is -1.68. The fourth-order valence-corrected chi connectivity index (χ4v) is 2.34. The second-order valence-corrected chi connectivity index (χ2v) is 4.81. The van der Waals surface area contributed by atoms with Gasteiger partial charge in [-0.15, -0.1) is 0 Å². The van der Waals surface area contributed by atoms with Gasteiger partial charge in [0, 0.05) is 16.5 Å². The molecule has 0 saturated carbocycles. The van der Waals surface area contributed by atoms with Gasteiger partial charge in [-0.05, 0) is 22.9 Å². The molecule has 0 saturated heterocycles. The quantitative estimate of drug-likeness (QED) is 0.877. The van der Waals surface area contributed by atoms with Crippen LogP contribution >= 0.6 is 15.9 Å². The number of rotatable bonds is 4. The number of hydrogen-bond donors (Lipinski definition) is 1. The lowest BCUT2D eigenvalue weighted by Gasteiger charge is -2.06. The molecule has 0 bridgehead atoms. The first-order valence-corrected chi connectivity index (χ1v) is 6.31. The highest BCUT2D eigenvalue weighted by Crippen LogP contribution is 2.27. The predicted molar refractivity (Wildman–Crippen MR) is 72.8 cm³/mol. The van der Waals surface area contributed by atoms with Crippen molar-refractivity contribution in [2.75, 3.05) is 0 Å². The molecule has 0 radical (unpaired) electrons. The van der Waals surface area contributed by atoms with Gasteiger partial charge in [0.15, 0.2) is 5.78 Å². The molecular formula is C14H11BrO3. The first-order valence-electron chi connectivity index (χ1n) is 5.52. The van der Waals surface area contributed by atoms with Crippen LogP contribution in [0.4, 0.5) is 0 Å². The molecular weight excluding hydrogens is 296 g/mol. The van der Waals surface area contributed by atoms with E-state index < -0.39 is 5.97 Å². The SMILES string of the molecule is O=C(O)CCC(=O)c1ccc(Br)c2ccccc12. The summed E-state index contributed by atoms with van der Waals surface area (Å²) in [5.74, 6) is -1.09. The largest absolute Gasteiger partial charge is 0.481 e. The van der Waals surface area contributed by atoms with Crippen molar-refractivity contribution >= 4 is 38.5 Å². The van der Waals surface area contributed by atoms with Gasteiger partial charge in [0.25, 0.3) is 0 Å². The summed E-state index contributed by atoms with van der Waals surface area (Å²) in [5, 5.41) is 10.4. The second kappa shape index (κ2) is 5.31. The van der Waals surface area contributed by atoms with Gasteiger partial charge < -0.3 is 5.11 Å². The third kappa shape index (κ3) is 2.59. The highest BCUT2D eigenvalue weighted by Gasteiger charge is 2.12. The Labute approximate surface area is 113 Å². The topological polar surface area (TPSA) is 54.4 Å². The molecule has 0 atom stereocenters. The van der Waals surface area contributed by atoms with Crippen molar-refractivity contribution in [3.63, 3.8) is 0 Å². The molecule has 2 aromatic rings. The fraction of sp³-hybridized carbons (Fsp3) is 0.143. The third-order valence-corrected chi connectivity index (χ3v) is 3.43. The van der Waals surface area contributed by atoms with Crippen molar-refractivity contribution in [3.05, 3.63) is 46.4 Å². The number of ketones is 1. The van der Waals surface area contributed by atoms with E-state index in [1.165, 1.54) is 0 Å². The number of Topliss-reactive ketones (excluding diaryl/α,β-unsaturated/α-hetero) is 1.